The highest BCUT2D eigenvalue weighted by atomic mass is 19.2. The average Bonchev–Trinajstić information content (AvgIpc) is 2.19. The first-order chi connectivity index (χ1) is 9.02. The Balaban J connectivity index is 2.29. The van der Waals surface area contributed by atoms with Crippen molar-refractivity contribution < 1.29 is 13.9 Å². The van der Waals surface area contributed by atoms with E-state index in [0.29, 0.717) is 12.8 Å². The summed E-state index contributed by atoms with van der Waals surface area (Å²) in [5.74, 6) is -1.68. The summed E-state index contributed by atoms with van der Waals surface area (Å²) >= 11 is 0. The highest BCUT2D eigenvalue weighted by Crippen LogP contribution is 2.51. The van der Waals surface area contributed by atoms with Gasteiger partial charge in [-0.3, -0.25) is 0 Å². The molecule has 0 bridgehead atoms. The molecule has 1 nitrogen and oxygen atoms in total. The van der Waals surface area contributed by atoms with Crippen molar-refractivity contribution in [3.05, 3.63) is 35.4 Å². The number of rotatable bonds is 2. The van der Waals surface area contributed by atoms with E-state index in [9.17, 15) is 13.9 Å². The minimum Gasteiger partial charge on any atom is -0.390 e. The second-order valence-electron chi connectivity index (χ2n) is 7.97. The van der Waals surface area contributed by atoms with Gasteiger partial charge in [0.25, 0.3) is 0 Å². The summed E-state index contributed by atoms with van der Waals surface area (Å²) < 4.78 is 27.1. The van der Waals surface area contributed by atoms with Gasteiger partial charge in [-0.15, -0.1) is 0 Å². The zero-order valence-electron chi connectivity index (χ0n) is 12.8. The summed E-state index contributed by atoms with van der Waals surface area (Å²) in [5.41, 5.74) is -0.707. The van der Waals surface area contributed by atoms with Crippen LogP contribution in [-0.4, -0.2) is 10.7 Å². The lowest BCUT2D eigenvalue weighted by molar-refractivity contribution is -0.0855. The second-order valence-corrected chi connectivity index (χ2v) is 7.97. The van der Waals surface area contributed by atoms with Gasteiger partial charge >= 0.3 is 0 Å². The Morgan fingerprint density at radius 2 is 1.55 bits per heavy atom. The summed E-state index contributed by atoms with van der Waals surface area (Å²) in [6.45, 7) is 8.50. The van der Waals surface area contributed by atoms with Crippen LogP contribution in [-0.2, 0) is 6.42 Å². The first kappa shape index (κ1) is 15.4. The molecule has 0 unspecified atom stereocenters. The number of aliphatic hydroxyl groups is 1. The van der Waals surface area contributed by atoms with Crippen molar-refractivity contribution in [1.82, 2.24) is 0 Å². The first-order valence-electron chi connectivity index (χ1n) is 7.17. The predicted molar refractivity (Wildman–Crippen MR) is 76.4 cm³/mol. The lowest BCUT2D eigenvalue weighted by Gasteiger charge is -2.49. The minimum atomic E-state index is -0.972. The second kappa shape index (κ2) is 4.80. The van der Waals surface area contributed by atoms with Gasteiger partial charge in [0.2, 0.25) is 0 Å². The maximum atomic E-state index is 13.8. The van der Waals surface area contributed by atoms with Crippen LogP contribution in [0, 0.1) is 22.5 Å². The monoisotopic (exact) mass is 282 g/mol. The van der Waals surface area contributed by atoms with Crippen molar-refractivity contribution >= 4 is 0 Å². The maximum Gasteiger partial charge on any atom is 0.162 e. The third-order valence-electron chi connectivity index (χ3n) is 4.12. The molecule has 0 amide bonds. The van der Waals surface area contributed by atoms with E-state index >= 15 is 0 Å². The zero-order valence-corrected chi connectivity index (χ0v) is 12.8. The Hall–Kier alpha value is -0.960. The van der Waals surface area contributed by atoms with Crippen molar-refractivity contribution in [2.75, 3.05) is 0 Å². The average molecular weight is 282 g/mol. The fourth-order valence-corrected chi connectivity index (χ4v) is 4.43. The molecular weight excluding hydrogens is 258 g/mol. The predicted octanol–water partition coefficient (Wildman–Crippen LogP) is 4.47. The summed E-state index contributed by atoms with van der Waals surface area (Å²) in [7, 11) is 0. The highest BCUT2D eigenvalue weighted by molar-refractivity contribution is 5.21. The van der Waals surface area contributed by atoms with Gasteiger partial charge in [0.1, 0.15) is 0 Å². The van der Waals surface area contributed by atoms with E-state index in [2.05, 4.69) is 27.7 Å². The van der Waals surface area contributed by atoms with Crippen LogP contribution in [0.4, 0.5) is 8.78 Å². The van der Waals surface area contributed by atoms with Crippen LogP contribution in [0.1, 0.15) is 52.5 Å². The van der Waals surface area contributed by atoms with Gasteiger partial charge in [0.05, 0.1) is 5.60 Å². The van der Waals surface area contributed by atoms with Crippen LogP contribution in [0.15, 0.2) is 18.2 Å². The molecule has 3 heteroatoms. The standard InChI is InChI=1S/C17H24F2O/c1-15(2)9-16(3,4)11-17(20,10-15)8-12-6-5-7-13(18)14(12)19/h5-7,20H,8-11H2,1-4H3. The first-order valence-corrected chi connectivity index (χ1v) is 7.17. The molecule has 2 rings (SSSR count). The SMILES string of the molecule is CC1(C)CC(C)(C)CC(O)(Cc2cccc(F)c2F)C1. The van der Waals surface area contributed by atoms with Crippen LogP contribution in [0.3, 0.4) is 0 Å². The maximum absolute atomic E-state index is 13.8. The van der Waals surface area contributed by atoms with E-state index in [-0.39, 0.29) is 22.8 Å². The van der Waals surface area contributed by atoms with Gasteiger partial charge in [0, 0.05) is 6.42 Å². The van der Waals surface area contributed by atoms with Crippen molar-refractivity contribution in [2.24, 2.45) is 10.8 Å². The summed E-state index contributed by atoms with van der Waals surface area (Å²) in [6, 6.07) is 4.17. The van der Waals surface area contributed by atoms with Crippen molar-refractivity contribution in [3.8, 4) is 0 Å². The number of hydrogen-bond acceptors (Lipinski definition) is 1. The van der Waals surface area contributed by atoms with E-state index in [4.69, 9.17) is 0 Å². The van der Waals surface area contributed by atoms with E-state index in [1.54, 1.807) is 6.07 Å². The van der Waals surface area contributed by atoms with Crippen LogP contribution < -0.4 is 0 Å². The summed E-state index contributed by atoms with van der Waals surface area (Å²) in [5, 5.41) is 10.9. The molecule has 1 saturated carbocycles. The van der Waals surface area contributed by atoms with Gasteiger partial charge in [-0.2, -0.15) is 0 Å². The van der Waals surface area contributed by atoms with Gasteiger partial charge in [-0.25, -0.2) is 8.78 Å². The fraction of sp³-hybridized carbons (Fsp3) is 0.647. The molecule has 1 aromatic rings. The smallest absolute Gasteiger partial charge is 0.162 e. The summed E-state index contributed by atoms with van der Waals surface area (Å²) in [4.78, 5) is 0. The topological polar surface area (TPSA) is 20.2 Å². The molecule has 0 aliphatic heterocycles. The molecule has 0 aromatic heterocycles. The molecule has 0 atom stereocenters. The van der Waals surface area contributed by atoms with E-state index in [1.807, 2.05) is 0 Å². The quantitative estimate of drug-likeness (QED) is 0.848. The van der Waals surface area contributed by atoms with E-state index in [0.717, 1.165) is 12.5 Å². The van der Waals surface area contributed by atoms with Crippen molar-refractivity contribution in [3.63, 3.8) is 0 Å². The molecule has 1 aromatic carbocycles. The molecule has 0 radical (unpaired) electrons. The third kappa shape index (κ3) is 3.38. The lowest BCUT2D eigenvalue weighted by atomic mass is 9.58. The number of benzene rings is 1. The van der Waals surface area contributed by atoms with Gasteiger partial charge < -0.3 is 5.11 Å². The van der Waals surface area contributed by atoms with Gasteiger partial charge in [0.15, 0.2) is 11.6 Å². The van der Waals surface area contributed by atoms with E-state index < -0.39 is 17.2 Å². The van der Waals surface area contributed by atoms with Crippen molar-refractivity contribution in [1.29, 1.82) is 0 Å². The van der Waals surface area contributed by atoms with Crippen molar-refractivity contribution in [2.45, 2.75) is 59.0 Å². The molecule has 20 heavy (non-hydrogen) atoms. The molecular formula is C17H24F2O. The van der Waals surface area contributed by atoms with Crippen LogP contribution in [0.25, 0.3) is 0 Å². The van der Waals surface area contributed by atoms with Gasteiger partial charge in [-0.05, 0) is 41.7 Å². The lowest BCUT2D eigenvalue weighted by Crippen LogP contribution is -2.47. The van der Waals surface area contributed by atoms with Crippen LogP contribution >= 0.6 is 0 Å². The highest BCUT2D eigenvalue weighted by Gasteiger charge is 2.46. The third-order valence-corrected chi connectivity index (χ3v) is 4.12. The van der Waals surface area contributed by atoms with Crippen LogP contribution in [0.5, 0.6) is 0 Å². The Morgan fingerprint density at radius 3 is 2.10 bits per heavy atom. The molecule has 1 fully saturated rings. The number of hydrogen-bond donors (Lipinski definition) is 1. The normalized spacial score (nSPS) is 23.6. The molecule has 1 aliphatic carbocycles. The largest absolute Gasteiger partial charge is 0.390 e. The molecule has 0 heterocycles. The molecule has 0 saturated heterocycles. The Morgan fingerprint density at radius 1 is 1.00 bits per heavy atom. The molecule has 112 valence electrons. The molecule has 0 spiro atoms. The van der Waals surface area contributed by atoms with Gasteiger partial charge in [-0.1, -0.05) is 39.8 Å². The zero-order chi connectivity index (χ0) is 15.2. The summed E-state index contributed by atoms with van der Waals surface area (Å²) in [6.07, 6.45) is 2.41. The molecule has 1 N–H and O–H groups in total. The van der Waals surface area contributed by atoms with E-state index in [1.165, 1.54) is 6.07 Å². The minimum absolute atomic E-state index is 0.000299. The Labute approximate surface area is 120 Å². The Kier molecular flexibility index (Phi) is 3.70. The fourth-order valence-electron chi connectivity index (χ4n) is 4.43. The Bertz CT molecular complexity index is 490. The number of halogens is 2. The molecule has 1 aliphatic rings. The van der Waals surface area contributed by atoms with Crippen LogP contribution in [0.2, 0.25) is 0 Å².